The number of aliphatic hydroxyl groups is 1. The highest BCUT2D eigenvalue weighted by molar-refractivity contribution is 5.81. The summed E-state index contributed by atoms with van der Waals surface area (Å²) in [5.41, 5.74) is 0. The van der Waals surface area contributed by atoms with Gasteiger partial charge in [0.2, 0.25) is 11.8 Å². The van der Waals surface area contributed by atoms with E-state index < -0.39 is 6.10 Å². The molecule has 2 amide bonds. The molecule has 0 radical (unpaired) electrons. The number of likely N-dealkylation sites (N-methyl/N-ethyl adjacent to an activating group) is 1. The molecular weight excluding hydrogens is 220 g/mol. The van der Waals surface area contributed by atoms with Crippen molar-refractivity contribution < 1.29 is 14.7 Å². The molecular formula is C12H22N2O3. The van der Waals surface area contributed by atoms with Crippen LogP contribution in [0.2, 0.25) is 0 Å². The number of nitrogens with zero attached hydrogens (tertiary/aromatic N) is 1. The van der Waals surface area contributed by atoms with Gasteiger partial charge in [0.25, 0.3) is 0 Å². The van der Waals surface area contributed by atoms with E-state index in [1.165, 1.54) is 4.90 Å². The second kappa shape index (κ2) is 6.59. The van der Waals surface area contributed by atoms with Gasteiger partial charge in [0.05, 0.1) is 6.10 Å². The van der Waals surface area contributed by atoms with Crippen LogP contribution in [0.25, 0.3) is 0 Å². The number of amides is 2. The van der Waals surface area contributed by atoms with Crippen molar-refractivity contribution in [2.45, 2.75) is 38.7 Å². The molecule has 5 nitrogen and oxygen atoms in total. The minimum atomic E-state index is -0.501. The van der Waals surface area contributed by atoms with Gasteiger partial charge in [-0.05, 0) is 26.2 Å². The van der Waals surface area contributed by atoms with E-state index in [1.807, 2.05) is 0 Å². The topological polar surface area (TPSA) is 69.6 Å². The lowest BCUT2D eigenvalue weighted by Crippen LogP contribution is -2.33. The van der Waals surface area contributed by atoms with Crippen molar-refractivity contribution in [2.24, 2.45) is 5.92 Å². The lowest BCUT2D eigenvalue weighted by Gasteiger charge is -2.18. The van der Waals surface area contributed by atoms with Gasteiger partial charge in [0.1, 0.15) is 0 Å². The molecule has 0 bridgehead atoms. The van der Waals surface area contributed by atoms with Gasteiger partial charge in [-0.15, -0.1) is 0 Å². The van der Waals surface area contributed by atoms with Crippen molar-refractivity contribution in [3.8, 4) is 0 Å². The molecule has 0 aliphatic heterocycles. The molecule has 0 aromatic rings. The van der Waals surface area contributed by atoms with E-state index in [1.54, 1.807) is 14.0 Å². The first kappa shape index (κ1) is 14.0. The Morgan fingerprint density at radius 3 is 2.65 bits per heavy atom. The summed E-state index contributed by atoms with van der Waals surface area (Å²) in [5.74, 6) is 0.352. The van der Waals surface area contributed by atoms with Crippen molar-refractivity contribution in [3.63, 3.8) is 0 Å². The van der Waals surface area contributed by atoms with Gasteiger partial charge in [-0.2, -0.15) is 0 Å². The van der Waals surface area contributed by atoms with Crippen LogP contribution in [0.4, 0.5) is 0 Å². The van der Waals surface area contributed by atoms with Gasteiger partial charge < -0.3 is 15.3 Å². The average molecular weight is 242 g/mol. The van der Waals surface area contributed by atoms with E-state index >= 15 is 0 Å². The first-order valence-electron chi connectivity index (χ1n) is 6.20. The van der Waals surface area contributed by atoms with Crippen molar-refractivity contribution in [3.05, 3.63) is 0 Å². The van der Waals surface area contributed by atoms with E-state index in [9.17, 15) is 9.59 Å². The maximum absolute atomic E-state index is 11.6. The second-order valence-electron chi connectivity index (χ2n) is 4.79. The van der Waals surface area contributed by atoms with Crippen molar-refractivity contribution in [1.82, 2.24) is 10.2 Å². The average Bonchev–Trinajstić information content (AvgIpc) is 3.06. The zero-order valence-corrected chi connectivity index (χ0v) is 10.6. The van der Waals surface area contributed by atoms with Crippen LogP contribution in [0, 0.1) is 5.92 Å². The number of hydrogen-bond donors (Lipinski definition) is 2. The van der Waals surface area contributed by atoms with Gasteiger partial charge in [-0.1, -0.05) is 0 Å². The number of carbonyl (C=O) groups is 2. The molecule has 5 heteroatoms. The standard InChI is InChI=1S/C12H22N2O3/c1-9(15)8-14(2)11(16)4-3-7-13-12(17)10-5-6-10/h9-10,15H,3-8H2,1-2H3,(H,13,17). The van der Waals surface area contributed by atoms with Crippen LogP contribution in [0.15, 0.2) is 0 Å². The first-order valence-corrected chi connectivity index (χ1v) is 6.20. The highest BCUT2D eigenvalue weighted by atomic mass is 16.3. The fourth-order valence-electron chi connectivity index (χ4n) is 1.63. The Hall–Kier alpha value is -1.10. The summed E-state index contributed by atoms with van der Waals surface area (Å²) in [6.45, 7) is 2.57. The largest absolute Gasteiger partial charge is 0.392 e. The Bertz CT molecular complexity index is 275. The predicted octanol–water partition coefficient (Wildman–Crippen LogP) is 0.132. The number of aliphatic hydroxyl groups excluding tert-OH is 1. The van der Waals surface area contributed by atoms with E-state index in [0.717, 1.165) is 12.8 Å². The summed E-state index contributed by atoms with van der Waals surface area (Å²) in [7, 11) is 1.68. The molecule has 1 aliphatic rings. The molecule has 0 aromatic heterocycles. The molecule has 1 rings (SSSR count). The predicted molar refractivity (Wildman–Crippen MR) is 64.3 cm³/mol. The van der Waals surface area contributed by atoms with Crippen molar-refractivity contribution >= 4 is 11.8 Å². The molecule has 0 aromatic carbocycles. The number of carbonyl (C=O) groups excluding carboxylic acids is 2. The normalized spacial score (nSPS) is 16.4. The van der Waals surface area contributed by atoms with E-state index in [4.69, 9.17) is 5.11 Å². The Balaban J connectivity index is 2.04. The van der Waals surface area contributed by atoms with Crippen LogP contribution >= 0.6 is 0 Å². The summed E-state index contributed by atoms with van der Waals surface area (Å²) in [4.78, 5) is 24.4. The third-order valence-electron chi connectivity index (χ3n) is 2.78. The lowest BCUT2D eigenvalue weighted by molar-refractivity contribution is -0.131. The molecule has 0 heterocycles. The monoisotopic (exact) mass is 242 g/mol. The summed E-state index contributed by atoms with van der Waals surface area (Å²) >= 11 is 0. The fourth-order valence-corrected chi connectivity index (χ4v) is 1.63. The molecule has 1 unspecified atom stereocenters. The van der Waals surface area contributed by atoms with Crippen LogP contribution in [-0.4, -0.2) is 48.1 Å². The van der Waals surface area contributed by atoms with Crippen LogP contribution in [0.1, 0.15) is 32.6 Å². The fraction of sp³-hybridized carbons (Fsp3) is 0.833. The van der Waals surface area contributed by atoms with Crippen LogP contribution in [0.3, 0.4) is 0 Å². The second-order valence-corrected chi connectivity index (χ2v) is 4.79. The summed E-state index contributed by atoms with van der Waals surface area (Å²) in [6, 6.07) is 0. The smallest absolute Gasteiger partial charge is 0.223 e. The molecule has 1 aliphatic carbocycles. The molecule has 98 valence electrons. The number of rotatable bonds is 7. The van der Waals surface area contributed by atoms with Crippen LogP contribution < -0.4 is 5.32 Å². The molecule has 1 fully saturated rings. The third-order valence-corrected chi connectivity index (χ3v) is 2.78. The van der Waals surface area contributed by atoms with Gasteiger partial charge in [0.15, 0.2) is 0 Å². The highest BCUT2D eigenvalue weighted by Crippen LogP contribution is 2.28. The SMILES string of the molecule is CC(O)CN(C)C(=O)CCCNC(=O)C1CC1. The molecule has 2 N–H and O–H groups in total. The Kier molecular flexibility index (Phi) is 5.41. The Labute approximate surface area is 102 Å². The maximum Gasteiger partial charge on any atom is 0.223 e. The minimum Gasteiger partial charge on any atom is -0.392 e. The molecule has 17 heavy (non-hydrogen) atoms. The lowest BCUT2D eigenvalue weighted by atomic mass is 10.2. The number of nitrogens with one attached hydrogen (secondary N) is 1. The van der Waals surface area contributed by atoms with Gasteiger partial charge in [-0.25, -0.2) is 0 Å². The van der Waals surface area contributed by atoms with E-state index in [-0.39, 0.29) is 17.7 Å². The van der Waals surface area contributed by atoms with Crippen molar-refractivity contribution in [2.75, 3.05) is 20.1 Å². The molecule has 0 saturated heterocycles. The molecule has 0 spiro atoms. The summed E-state index contributed by atoms with van der Waals surface area (Å²) < 4.78 is 0. The van der Waals surface area contributed by atoms with Gasteiger partial charge >= 0.3 is 0 Å². The Morgan fingerprint density at radius 2 is 2.12 bits per heavy atom. The Morgan fingerprint density at radius 1 is 1.47 bits per heavy atom. The number of hydrogen-bond acceptors (Lipinski definition) is 3. The zero-order chi connectivity index (χ0) is 12.8. The van der Waals surface area contributed by atoms with Crippen LogP contribution in [-0.2, 0) is 9.59 Å². The third kappa shape index (κ3) is 5.68. The molecule has 1 atom stereocenters. The van der Waals surface area contributed by atoms with E-state index in [0.29, 0.717) is 25.9 Å². The quantitative estimate of drug-likeness (QED) is 0.624. The van der Waals surface area contributed by atoms with E-state index in [2.05, 4.69) is 5.32 Å². The van der Waals surface area contributed by atoms with Crippen molar-refractivity contribution in [1.29, 1.82) is 0 Å². The van der Waals surface area contributed by atoms with Gasteiger partial charge in [-0.3, -0.25) is 9.59 Å². The molecule has 1 saturated carbocycles. The summed E-state index contributed by atoms with van der Waals surface area (Å²) in [6.07, 6.45) is 2.57. The first-order chi connectivity index (χ1) is 8.00. The minimum absolute atomic E-state index is 0.00608. The maximum atomic E-state index is 11.6. The van der Waals surface area contributed by atoms with Gasteiger partial charge in [0, 0.05) is 32.5 Å². The van der Waals surface area contributed by atoms with Crippen LogP contribution in [0.5, 0.6) is 0 Å². The highest BCUT2D eigenvalue weighted by Gasteiger charge is 2.28. The zero-order valence-electron chi connectivity index (χ0n) is 10.6. The summed E-state index contributed by atoms with van der Waals surface area (Å²) in [5, 5.41) is 12.0.